The van der Waals surface area contributed by atoms with Gasteiger partial charge in [-0.25, -0.2) is 9.97 Å². The lowest BCUT2D eigenvalue weighted by molar-refractivity contribution is -0.145. The molecule has 2 aromatic heterocycles. The first-order chi connectivity index (χ1) is 11.3. The van der Waals surface area contributed by atoms with Gasteiger partial charge in [0.1, 0.15) is 5.52 Å². The van der Waals surface area contributed by atoms with Crippen molar-refractivity contribution >= 4 is 11.2 Å². The highest BCUT2D eigenvalue weighted by Gasteiger charge is 2.38. The number of aromatic nitrogens is 6. The van der Waals surface area contributed by atoms with Gasteiger partial charge in [-0.3, -0.25) is 4.57 Å². The first-order valence-corrected chi connectivity index (χ1v) is 6.81. The minimum atomic E-state index is -4.69. The number of hydrogen-bond donors (Lipinski definition) is 1. The molecule has 0 amide bonds. The van der Waals surface area contributed by atoms with Crippen LogP contribution in [0.15, 0.2) is 30.6 Å². The molecule has 0 saturated heterocycles. The van der Waals surface area contributed by atoms with Gasteiger partial charge in [-0.15, -0.1) is 5.10 Å². The van der Waals surface area contributed by atoms with Gasteiger partial charge in [-0.2, -0.15) is 23.0 Å². The van der Waals surface area contributed by atoms with E-state index in [0.717, 1.165) is 10.8 Å². The Balaban J connectivity index is 2.10. The Morgan fingerprint density at radius 3 is 2.71 bits per heavy atom. The smallest absolute Gasteiger partial charge is 0.427 e. The average Bonchev–Trinajstić information content (AvgIpc) is 3.10. The van der Waals surface area contributed by atoms with E-state index in [9.17, 15) is 18.4 Å². The van der Waals surface area contributed by atoms with Crippen LogP contribution in [-0.4, -0.2) is 34.7 Å². The van der Waals surface area contributed by atoms with Gasteiger partial charge in [-0.1, -0.05) is 0 Å². The van der Waals surface area contributed by atoms with Gasteiger partial charge in [0.15, 0.2) is 11.5 Å². The predicted molar refractivity (Wildman–Crippen MR) is 76.0 cm³/mol. The second kappa shape index (κ2) is 4.66. The monoisotopic (exact) mass is 334 g/mol. The lowest BCUT2D eigenvalue weighted by Crippen LogP contribution is -2.15. The number of imidazole rings is 1. The highest BCUT2D eigenvalue weighted by atomic mass is 19.4. The van der Waals surface area contributed by atoms with Crippen LogP contribution in [0, 0.1) is 6.92 Å². The molecule has 24 heavy (non-hydrogen) atoms. The number of fused-ring (bicyclic) bond motifs is 2. The Morgan fingerprint density at radius 2 is 1.96 bits per heavy atom. The summed E-state index contributed by atoms with van der Waals surface area (Å²) in [6.45, 7) is 1.67. The van der Waals surface area contributed by atoms with E-state index in [1.807, 2.05) is 0 Å². The lowest BCUT2D eigenvalue weighted by atomic mass is 10.2. The van der Waals surface area contributed by atoms with E-state index in [1.54, 1.807) is 13.0 Å². The molecule has 2 aromatic rings. The van der Waals surface area contributed by atoms with E-state index in [2.05, 4.69) is 20.2 Å². The number of pyridine rings is 2. The third-order valence-corrected chi connectivity index (χ3v) is 3.54. The van der Waals surface area contributed by atoms with Gasteiger partial charge < -0.3 is 5.21 Å². The van der Waals surface area contributed by atoms with Crippen LogP contribution in [0.5, 0.6) is 0 Å². The average molecular weight is 334 g/mol. The van der Waals surface area contributed by atoms with Crippen molar-refractivity contribution in [3.05, 3.63) is 42.1 Å². The van der Waals surface area contributed by atoms with Gasteiger partial charge in [0, 0.05) is 11.3 Å². The summed E-state index contributed by atoms with van der Waals surface area (Å²) in [7, 11) is 0. The van der Waals surface area contributed by atoms with Gasteiger partial charge in [0.05, 0.1) is 18.1 Å². The fourth-order valence-corrected chi connectivity index (χ4v) is 2.53. The number of hydrogen-bond acceptors (Lipinski definition) is 5. The Kier molecular flexibility index (Phi) is 2.80. The fourth-order valence-electron chi connectivity index (χ4n) is 2.53. The van der Waals surface area contributed by atoms with Crippen molar-refractivity contribution in [1.29, 1.82) is 0 Å². The molecule has 2 aliphatic rings. The molecule has 10 heteroatoms. The standard InChI is InChI=1S/C14H9F3N6O/c1-7-2-3-10-12(19-7)23(13(20-10)14(15,16)17)9-4-8-5-18-21-11(8)22(24)6-9/h2-6,24H,1H3. The molecule has 0 fully saturated rings. The van der Waals surface area contributed by atoms with E-state index in [-0.39, 0.29) is 22.7 Å². The predicted octanol–water partition coefficient (Wildman–Crippen LogP) is 2.68. The summed E-state index contributed by atoms with van der Waals surface area (Å²) in [6.07, 6.45) is -2.24. The third kappa shape index (κ3) is 2.07. The number of rotatable bonds is 1. The fraction of sp³-hybridized carbons (Fsp3) is 0.143. The minimum absolute atomic E-state index is 0.0488. The molecule has 0 aliphatic carbocycles. The topological polar surface area (TPSA) is 81.7 Å². The molecule has 7 nitrogen and oxygen atoms in total. The largest absolute Gasteiger partial charge is 0.450 e. The highest BCUT2D eigenvalue weighted by molar-refractivity contribution is 5.75. The molecule has 2 aliphatic heterocycles. The van der Waals surface area contributed by atoms with Crippen LogP contribution in [0.3, 0.4) is 0 Å². The van der Waals surface area contributed by atoms with Crippen molar-refractivity contribution in [2.75, 3.05) is 0 Å². The normalized spacial score (nSPS) is 12.3. The van der Waals surface area contributed by atoms with Gasteiger partial charge in [0.2, 0.25) is 5.82 Å². The van der Waals surface area contributed by atoms with Crippen LogP contribution in [0.25, 0.3) is 28.2 Å². The molecule has 4 rings (SSSR count). The number of nitrogens with zero attached hydrogens (tertiary/aromatic N) is 6. The highest BCUT2D eigenvalue weighted by Crippen LogP contribution is 2.34. The van der Waals surface area contributed by atoms with Crippen molar-refractivity contribution in [2.45, 2.75) is 13.1 Å². The number of alkyl halides is 3. The van der Waals surface area contributed by atoms with Gasteiger partial charge in [0.25, 0.3) is 0 Å². The maximum absolute atomic E-state index is 13.4. The van der Waals surface area contributed by atoms with Crippen molar-refractivity contribution in [3.8, 4) is 17.1 Å². The summed E-state index contributed by atoms with van der Waals surface area (Å²) in [4.78, 5) is 7.81. The van der Waals surface area contributed by atoms with Crippen molar-refractivity contribution < 1.29 is 18.4 Å². The van der Waals surface area contributed by atoms with Crippen molar-refractivity contribution in [2.24, 2.45) is 0 Å². The number of halogens is 3. The molecule has 0 aromatic carbocycles. The van der Waals surface area contributed by atoms with Crippen molar-refractivity contribution in [1.82, 2.24) is 29.5 Å². The summed E-state index contributed by atoms with van der Waals surface area (Å²) >= 11 is 0. The second-order valence-electron chi connectivity index (χ2n) is 5.23. The van der Waals surface area contributed by atoms with E-state index < -0.39 is 12.0 Å². The van der Waals surface area contributed by atoms with E-state index in [0.29, 0.717) is 16.0 Å². The molecule has 0 unspecified atom stereocenters. The molecule has 4 heterocycles. The summed E-state index contributed by atoms with van der Waals surface area (Å²) in [6, 6.07) is 4.49. The van der Waals surface area contributed by atoms with Crippen LogP contribution in [0.2, 0.25) is 0 Å². The van der Waals surface area contributed by atoms with Crippen LogP contribution < -0.4 is 0 Å². The van der Waals surface area contributed by atoms with Crippen molar-refractivity contribution in [3.63, 3.8) is 0 Å². The van der Waals surface area contributed by atoms with Crippen LogP contribution in [0.4, 0.5) is 13.2 Å². The van der Waals surface area contributed by atoms with Crippen LogP contribution >= 0.6 is 0 Å². The Labute approximate surface area is 132 Å². The molecule has 1 N–H and O–H groups in total. The Morgan fingerprint density at radius 1 is 1.17 bits per heavy atom. The Hall–Kier alpha value is -3.17. The maximum atomic E-state index is 13.4. The Bertz CT molecular complexity index is 1030. The molecule has 0 saturated carbocycles. The van der Waals surface area contributed by atoms with E-state index in [1.165, 1.54) is 18.3 Å². The molecule has 122 valence electrons. The van der Waals surface area contributed by atoms with E-state index >= 15 is 0 Å². The zero-order chi connectivity index (χ0) is 17.1. The zero-order valence-electron chi connectivity index (χ0n) is 12.2. The van der Waals surface area contributed by atoms with Gasteiger partial charge in [-0.05, 0) is 25.1 Å². The molecule has 0 spiro atoms. The summed E-state index contributed by atoms with van der Waals surface area (Å²) in [5.74, 6) is -0.983. The minimum Gasteiger partial charge on any atom is -0.427 e. The quantitative estimate of drug-likeness (QED) is 0.541. The summed E-state index contributed by atoms with van der Waals surface area (Å²) in [5.41, 5.74) is 1.14. The lowest BCUT2D eigenvalue weighted by Gasteiger charge is -2.13. The first kappa shape index (κ1) is 14.4. The van der Waals surface area contributed by atoms with Crippen LogP contribution in [0.1, 0.15) is 11.5 Å². The maximum Gasteiger partial charge on any atom is 0.450 e. The molecule has 0 radical (unpaired) electrons. The third-order valence-electron chi connectivity index (χ3n) is 3.54. The molecule has 0 bridgehead atoms. The van der Waals surface area contributed by atoms with Gasteiger partial charge >= 0.3 is 6.18 Å². The zero-order valence-corrected chi connectivity index (χ0v) is 12.2. The summed E-state index contributed by atoms with van der Waals surface area (Å²) < 4.78 is 41.8. The molecular formula is C14H9F3N6O. The molecular weight excluding hydrogens is 325 g/mol. The molecule has 0 atom stereocenters. The van der Waals surface area contributed by atoms with E-state index in [4.69, 9.17) is 0 Å². The summed E-state index contributed by atoms with van der Waals surface area (Å²) in [5, 5.41) is 17.3. The second-order valence-corrected chi connectivity index (χ2v) is 5.23. The number of aryl methyl sites for hydroxylation is 1. The van der Waals surface area contributed by atoms with Crippen LogP contribution in [-0.2, 0) is 6.18 Å². The SMILES string of the molecule is Cc1ccc2nc(C(F)(F)F)n(-c3cc4cnnc-4n(O)c3)c2n1. The first-order valence-electron chi connectivity index (χ1n) is 6.81.